The SMILES string of the molecule is Cc1ccsc1C(=O)N1CCC2(CC1)C[C@@H](NC(=O)c1ccccn1)CO2. The van der Waals surface area contributed by atoms with Crippen molar-refractivity contribution >= 4 is 23.2 Å². The lowest BCUT2D eigenvalue weighted by Gasteiger charge is -2.38. The van der Waals surface area contributed by atoms with Gasteiger partial charge in [-0.1, -0.05) is 6.07 Å². The van der Waals surface area contributed by atoms with Crippen LogP contribution in [-0.4, -0.2) is 53.0 Å². The molecular formula is C20H23N3O3S. The Balaban J connectivity index is 1.32. The van der Waals surface area contributed by atoms with E-state index in [9.17, 15) is 9.59 Å². The number of aromatic nitrogens is 1. The molecule has 1 N–H and O–H groups in total. The predicted molar refractivity (Wildman–Crippen MR) is 103 cm³/mol. The fourth-order valence-corrected chi connectivity index (χ4v) is 4.79. The van der Waals surface area contributed by atoms with Gasteiger partial charge >= 0.3 is 0 Å². The van der Waals surface area contributed by atoms with Crippen molar-refractivity contribution in [2.75, 3.05) is 19.7 Å². The van der Waals surface area contributed by atoms with Crippen LogP contribution in [0.15, 0.2) is 35.8 Å². The summed E-state index contributed by atoms with van der Waals surface area (Å²) in [6.45, 7) is 3.87. The van der Waals surface area contributed by atoms with E-state index in [-0.39, 0.29) is 23.5 Å². The van der Waals surface area contributed by atoms with Crippen molar-refractivity contribution < 1.29 is 14.3 Å². The highest BCUT2D eigenvalue weighted by atomic mass is 32.1. The summed E-state index contributed by atoms with van der Waals surface area (Å²) in [4.78, 5) is 31.8. The van der Waals surface area contributed by atoms with E-state index in [1.807, 2.05) is 23.3 Å². The predicted octanol–water partition coefficient (Wildman–Crippen LogP) is 2.65. The van der Waals surface area contributed by atoms with Crippen molar-refractivity contribution in [2.24, 2.45) is 0 Å². The molecule has 0 bridgehead atoms. The molecule has 0 aromatic carbocycles. The topological polar surface area (TPSA) is 71.5 Å². The Bertz CT molecular complexity index is 828. The first-order valence-corrected chi connectivity index (χ1v) is 10.1. The van der Waals surface area contributed by atoms with Crippen LogP contribution in [0.5, 0.6) is 0 Å². The van der Waals surface area contributed by atoms with Gasteiger partial charge in [0, 0.05) is 19.3 Å². The Morgan fingerprint density at radius 1 is 1.30 bits per heavy atom. The molecule has 2 aliphatic heterocycles. The summed E-state index contributed by atoms with van der Waals surface area (Å²) in [5.74, 6) is -0.0441. The zero-order valence-corrected chi connectivity index (χ0v) is 16.1. The number of aryl methyl sites for hydroxylation is 1. The number of carbonyl (C=O) groups is 2. The summed E-state index contributed by atoms with van der Waals surface area (Å²) in [6.07, 6.45) is 4.01. The molecule has 2 fully saturated rings. The quantitative estimate of drug-likeness (QED) is 0.882. The molecule has 6 nitrogen and oxygen atoms in total. The second kappa shape index (κ2) is 7.40. The summed E-state index contributed by atoms with van der Waals surface area (Å²) in [5, 5.41) is 4.99. The second-order valence-electron chi connectivity index (χ2n) is 7.31. The molecule has 2 aromatic heterocycles. The van der Waals surface area contributed by atoms with Crippen molar-refractivity contribution in [3.05, 3.63) is 52.0 Å². The summed E-state index contributed by atoms with van der Waals surface area (Å²) in [7, 11) is 0. The Morgan fingerprint density at radius 3 is 2.78 bits per heavy atom. The standard InChI is InChI=1S/C20H23N3O3S/c1-14-5-11-27-17(14)19(25)23-9-6-20(7-10-23)12-15(13-26-20)22-18(24)16-4-2-3-8-21-16/h2-5,8,11,15H,6-7,9-10,12-13H2,1H3,(H,22,24)/t15-/m1/s1. The van der Waals surface area contributed by atoms with Crippen molar-refractivity contribution in [1.29, 1.82) is 0 Å². The number of nitrogens with zero attached hydrogens (tertiary/aromatic N) is 2. The zero-order chi connectivity index (χ0) is 18.9. The van der Waals surface area contributed by atoms with Gasteiger partial charge in [-0.05, 0) is 55.3 Å². The highest BCUT2D eigenvalue weighted by Gasteiger charge is 2.44. The number of carbonyl (C=O) groups excluding carboxylic acids is 2. The number of hydrogen-bond donors (Lipinski definition) is 1. The van der Waals surface area contributed by atoms with E-state index >= 15 is 0 Å². The molecule has 2 amide bonds. The van der Waals surface area contributed by atoms with Crippen LogP contribution in [0.4, 0.5) is 0 Å². The maximum Gasteiger partial charge on any atom is 0.270 e. The molecule has 2 aromatic rings. The lowest BCUT2D eigenvalue weighted by molar-refractivity contribution is -0.0388. The van der Waals surface area contributed by atoms with E-state index in [0.29, 0.717) is 25.4 Å². The van der Waals surface area contributed by atoms with Gasteiger partial charge in [0.2, 0.25) is 0 Å². The molecule has 4 heterocycles. The average Bonchev–Trinajstić information content (AvgIpc) is 3.29. The normalized spacial score (nSPS) is 21.4. The number of pyridine rings is 1. The van der Waals surface area contributed by atoms with Crippen molar-refractivity contribution in [3.8, 4) is 0 Å². The Labute approximate surface area is 162 Å². The molecule has 0 aliphatic carbocycles. The monoisotopic (exact) mass is 385 g/mol. The number of nitrogens with one attached hydrogen (secondary N) is 1. The number of thiophene rings is 1. The third-order valence-corrected chi connectivity index (χ3v) is 6.46. The maximum absolute atomic E-state index is 12.7. The van der Waals surface area contributed by atoms with E-state index in [2.05, 4.69) is 10.3 Å². The molecule has 7 heteroatoms. The molecule has 0 radical (unpaired) electrons. The Kier molecular flexibility index (Phi) is 4.97. The van der Waals surface area contributed by atoms with E-state index in [0.717, 1.165) is 29.7 Å². The van der Waals surface area contributed by atoms with E-state index < -0.39 is 0 Å². The van der Waals surface area contributed by atoms with Crippen LogP contribution in [0.1, 0.15) is 45.0 Å². The largest absolute Gasteiger partial charge is 0.373 e. The van der Waals surface area contributed by atoms with Crippen molar-refractivity contribution in [2.45, 2.75) is 37.8 Å². The molecule has 1 spiro atoms. The van der Waals surface area contributed by atoms with Gasteiger partial charge in [0.25, 0.3) is 11.8 Å². The molecular weight excluding hydrogens is 362 g/mol. The maximum atomic E-state index is 12.7. The molecule has 4 rings (SSSR count). The van der Waals surface area contributed by atoms with Gasteiger partial charge < -0.3 is 15.0 Å². The van der Waals surface area contributed by atoms with Crippen LogP contribution in [0, 0.1) is 6.92 Å². The first-order chi connectivity index (χ1) is 13.1. The summed E-state index contributed by atoms with van der Waals surface area (Å²) in [5.41, 5.74) is 1.23. The third kappa shape index (κ3) is 3.75. The van der Waals surface area contributed by atoms with Crippen LogP contribution in [-0.2, 0) is 4.74 Å². The highest BCUT2D eigenvalue weighted by molar-refractivity contribution is 7.12. The van der Waals surface area contributed by atoms with Crippen LogP contribution in [0.3, 0.4) is 0 Å². The Morgan fingerprint density at radius 2 is 2.11 bits per heavy atom. The third-order valence-electron chi connectivity index (χ3n) is 5.46. The van der Waals surface area contributed by atoms with Crippen molar-refractivity contribution in [1.82, 2.24) is 15.2 Å². The molecule has 27 heavy (non-hydrogen) atoms. The molecule has 2 saturated heterocycles. The lowest BCUT2D eigenvalue weighted by Crippen LogP contribution is -2.47. The summed E-state index contributed by atoms with van der Waals surface area (Å²) >= 11 is 1.50. The fourth-order valence-electron chi connectivity index (χ4n) is 3.89. The van der Waals surface area contributed by atoms with E-state index in [1.54, 1.807) is 24.4 Å². The van der Waals surface area contributed by atoms with E-state index in [4.69, 9.17) is 4.74 Å². The number of ether oxygens (including phenoxy) is 1. The molecule has 2 aliphatic rings. The number of piperidine rings is 1. The lowest BCUT2D eigenvalue weighted by atomic mass is 9.87. The minimum absolute atomic E-state index is 0.0127. The molecule has 0 saturated carbocycles. The summed E-state index contributed by atoms with van der Waals surface area (Å²) < 4.78 is 6.10. The minimum atomic E-state index is -0.233. The Hall–Kier alpha value is -2.25. The molecule has 0 unspecified atom stereocenters. The van der Waals surface area contributed by atoms with Gasteiger partial charge in [-0.2, -0.15) is 0 Å². The van der Waals surface area contributed by atoms with Crippen LogP contribution >= 0.6 is 11.3 Å². The van der Waals surface area contributed by atoms with Crippen molar-refractivity contribution in [3.63, 3.8) is 0 Å². The fraction of sp³-hybridized carbons (Fsp3) is 0.450. The minimum Gasteiger partial charge on any atom is -0.373 e. The second-order valence-corrected chi connectivity index (χ2v) is 8.22. The summed E-state index contributed by atoms with van der Waals surface area (Å²) in [6, 6.07) is 7.27. The first kappa shape index (κ1) is 18.1. The molecule has 142 valence electrons. The van der Waals surface area contributed by atoms with Gasteiger partial charge in [0.1, 0.15) is 5.69 Å². The first-order valence-electron chi connectivity index (χ1n) is 9.26. The zero-order valence-electron chi connectivity index (χ0n) is 15.3. The van der Waals surface area contributed by atoms with Crippen LogP contribution in [0.2, 0.25) is 0 Å². The number of hydrogen-bond acceptors (Lipinski definition) is 5. The smallest absolute Gasteiger partial charge is 0.270 e. The van der Waals surface area contributed by atoms with E-state index in [1.165, 1.54) is 11.3 Å². The number of amides is 2. The average molecular weight is 385 g/mol. The highest BCUT2D eigenvalue weighted by Crippen LogP contribution is 2.36. The van der Waals surface area contributed by atoms with Gasteiger partial charge in [-0.25, -0.2) is 0 Å². The number of likely N-dealkylation sites (tertiary alicyclic amines) is 1. The van der Waals surface area contributed by atoms with Crippen LogP contribution in [0.25, 0.3) is 0 Å². The van der Waals surface area contributed by atoms with Crippen LogP contribution < -0.4 is 5.32 Å². The molecule has 1 atom stereocenters. The van der Waals surface area contributed by atoms with Gasteiger partial charge in [-0.3, -0.25) is 14.6 Å². The van der Waals surface area contributed by atoms with Gasteiger partial charge in [0.05, 0.1) is 23.1 Å². The van der Waals surface area contributed by atoms with Gasteiger partial charge in [0.15, 0.2) is 0 Å². The number of rotatable bonds is 3. The van der Waals surface area contributed by atoms with Gasteiger partial charge in [-0.15, -0.1) is 11.3 Å².